The Balaban J connectivity index is 1.53. The topological polar surface area (TPSA) is 61.8 Å². The molecule has 7 heteroatoms. The Morgan fingerprint density at radius 2 is 2.00 bits per heavy atom. The third-order valence-corrected chi connectivity index (χ3v) is 4.74. The third-order valence-electron chi connectivity index (χ3n) is 4.18. The second-order valence-corrected chi connectivity index (χ2v) is 6.89. The van der Waals surface area contributed by atoms with Crippen LogP contribution in [-0.2, 0) is 9.59 Å². The van der Waals surface area contributed by atoms with Crippen molar-refractivity contribution in [2.45, 2.75) is 12.3 Å². The van der Waals surface area contributed by atoms with Gasteiger partial charge in [-0.2, -0.15) is 5.10 Å². The molecule has 2 aromatic carbocycles. The summed E-state index contributed by atoms with van der Waals surface area (Å²) in [6.07, 6.45) is 1.86. The summed E-state index contributed by atoms with van der Waals surface area (Å²) in [4.78, 5) is 25.7. The van der Waals surface area contributed by atoms with E-state index in [1.165, 1.54) is 6.21 Å². The third kappa shape index (κ3) is 4.62. The number of carbonyl (C=O) groups excluding carboxylic acids is 2. The molecule has 0 spiro atoms. The molecule has 0 saturated carbocycles. The lowest BCUT2D eigenvalue weighted by Crippen LogP contribution is -2.36. The summed E-state index contributed by atoms with van der Waals surface area (Å²) in [5, 5.41) is 4.85. The van der Waals surface area contributed by atoms with E-state index in [1.54, 1.807) is 23.1 Å². The molecule has 1 aliphatic heterocycles. The quantitative estimate of drug-likeness (QED) is 0.628. The molecule has 1 N–H and O–H groups in total. The second kappa shape index (κ2) is 8.34. The molecule has 2 amide bonds. The van der Waals surface area contributed by atoms with Crippen molar-refractivity contribution < 1.29 is 9.59 Å². The molecular formula is C19H17Cl2N3O2. The highest BCUT2D eigenvalue weighted by Gasteiger charge is 2.31. The SMILES string of the molecule is O=C(CN1CC(c2ccccc2)CC1=O)N/N=C/c1ccc(Cl)cc1Cl. The van der Waals surface area contributed by atoms with E-state index in [1.807, 2.05) is 30.3 Å². The van der Waals surface area contributed by atoms with Gasteiger partial charge < -0.3 is 4.90 Å². The summed E-state index contributed by atoms with van der Waals surface area (Å²) >= 11 is 11.9. The van der Waals surface area contributed by atoms with Gasteiger partial charge in [-0.05, 0) is 17.7 Å². The summed E-state index contributed by atoms with van der Waals surface area (Å²) < 4.78 is 0. The standard InChI is InChI=1S/C19H17Cl2N3O2/c20-16-7-6-14(17(21)9-16)10-22-23-18(25)12-24-11-15(8-19(24)26)13-4-2-1-3-5-13/h1-7,9-10,15H,8,11-12H2,(H,23,25)/b22-10+. The average Bonchev–Trinajstić information content (AvgIpc) is 2.98. The highest BCUT2D eigenvalue weighted by atomic mass is 35.5. The number of nitrogens with one attached hydrogen (secondary N) is 1. The van der Waals surface area contributed by atoms with Gasteiger partial charge >= 0.3 is 0 Å². The van der Waals surface area contributed by atoms with Gasteiger partial charge in [0.1, 0.15) is 6.54 Å². The van der Waals surface area contributed by atoms with Crippen molar-refractivity contribution in [2.75, 3.05) is 13.1 Å². The highest BCUT2D eigenvalue weighted by Crippen LogP contribution is 2.27. The number of benzene rings is 2. The number of hydrogen-bond acceptors (Lipinski definition) is 3. The van der Waals surface area contributed by atoms with Crippen molar-refractivity contribution in [2.24, 2.45) is 5.10 Å². The fourth-order valence-electron chi connectivity index (χ4n) is 2.86. The molecule has 0 radical (unpaired) electrons. The molecule has 2 aromatic rings. The molecular weight excluding hydrogens is 373 g/mol. The second-order valence-electron chi connectivity index (χ2n) is 6.05. The van der Waals surface area contributed by atoms with Crippen LogP contribution in [0.3, 0.4) is 0 Å². The Kier molecular flexibility index (Phi) is 5.91. The van der Waals surface area contributed by atoms with Crippen molar-refractivity contribution in [1.29, 1.82) is 0 Å². The first kappa shape index (κ1) is 18.4. The minimum Gasteiger partial charge on any atom is -0.333 e. The minimum absolute atomic E-state index is 0.0200. The van der Waals surface area contributed by atoms with E-state index in [4.69, 9.17) is 23.2 Å². The summed E-state index contributed by atoms with van der Waals surface area (Å²) in [6, 6.07) is 14.8. The van der Waals surface area contributed by atoms with Crippen LogP contribution in [0.2, 0.25) is 10.0 Å². The molecule has 0 aromatic heterocycles. The molecule has 0 bridgehead atoms. The van der Waals surface area contributed by atoms with Crippen molar-refractivity contribution in [3.63, 3.8) is 0 Å². The van der Waals surface area contributed by atoms with Gasteiger partial charge in [0.05, 0.1) is 11.2 Å². The molecule has 26 heavy (non-hydrogen) atoms. The maximum atomic E-state index is 12.1. The van der Waals surface area contributed by atoms with Crippen LogP contribution in [0.4, 0.5) is 0 Å². The van der Waals surface area contributed by atoms with Gasteiger partial charge in [-0.15, -0.1) is 0 Å². The monoisotopic (exact) mass is 389 g/mol. The maximum Gasteiger partial charge on any atom is 0.259 e. The molecule has 1 heterocycles. The Bertz CT molecular complexity index is 840. The van der Waals surface area contributed by atoms with Crippen molar-refractivity contribution in [3.05, 3.63) is 69.7 Å². The fraction of sp³-hybridized carbons (Fsp3) is 0.211. The summed E-state index contributed by atoms with van der Waals surface area (Å²) in [5.74, 6) is -0.264. The molecule has 1 atom stereocenters. The van der Waals surface area contributed by atoms with Gasteiger partial charge in [0.15, 0.2) is 0 Å². The molecule has 3 rings (SSSR count). The highest BCUT2D eigenvalue weighted by molar-refractivity contribution is 6.36. The zero-order valence-corrected chi connectivity index (χ0v) is 15.4. The van der Waals surface area contributed by atoms with Gasteiger partial charge in [-0.1, -0.05) is 59.6 Å². The lowest BCUT2D eigenvalue weighted by molar-refractivity contribution is -0.133. The Morgan fingerprint density at radius 3 is 2.73 bits per heavy atom. The number of amides is 2. The molecule has 134 valence electrons. The molecule has 5 nitrogen and oxygen atoms in total. The van der Waals surface area contributed by atoms with E-state index in [0.717, 1.165) is 5.56 Å². The lowest BCUT2D eigenvalue weighted by atomic mass is 9.99. The number of rotatable bonds is 5. The first-order chi connectivity index (χ1) is 12.5. The van der Waals surface area contributed by atoms with Gasteiger partial charge in [0, 0.05) is 29.5 Å². The Hall–Kier alpha value is -2.37. The number of likely N-dealkylation sites (tertiary alicyclic amines) is 1. The first-order valence-electron chi connectivity index (χ1n) is 8.12. The smallest absolute Gasteiger partial charge is 0.259 e. The van der Waals surface area contributed by atoms with Crippen LogP contribution >= 0.6 is 23.2 Å². The zero-order chi connectivity index (χ0) is 18.5. The van der Waals surface area contributed by atoms with Gasteiger partial charge in [-0.3, -0.25) is 9.59 Å². The van der Waals surface area contributed by atoms with E-state index in [9.17, 15) is 9.59 Å². The van der Waals surface area contributed by atoms with E-state index in [0.29, 0.717) is 28.6 Å². The molecule has 1 fully saturated rings. The fourth-order valence-corrected chi connectivity index (χ4v) is 3.32. The average molecular weight is 390 g/mol. The van der Waals surface area contributed by atoms with Crippen LogP contribution in [0.1, 0.15) is 23.5 Å². The summed E-state index contributed by atoms with van der Waals surface area (Å²) in [6.45, 7) is 0.511. The van der Waals surface area contributed by atoms with Crippen molar-refractivity contribution in [1.82, 2.24) is 10.3 Å². The van der Waals surface area contributed by atoms with Crippen LogP contribution in [0.5, 0.6) is 0 Å². The predicted molar refractivity (Wildman–Crippen MR) is 103 cm³/mol. The summed E-state index contributed by atoms with van der Waals surface area (Å²) in [7, 11) is 0. The van der Waals surface area contributed by atoms with Crippen molar-refractivity contribution >= 4 is 41.2 Å². The van der Waals surface area contributed by atoms with Gasteiger partial charge in [0.2, 0.25) is 5.91 Å². The first-order valence-corrected chi connectivity index (χ1v) is 8.88. The maximum absolute atomic E-state index is 12.1. The van der Waals surface area contributed by atoms with E-state index >= 15 is 0 Å². The zero-order valence-electron chi connectivity index (χ0n) is 13.9. The van der Waals surface area contributed by atoms with Crippen LogP contribution in [0.15, 0.2) is 53.6 Å². The van der Waals surface area contributed by atoms with E-state index in [-0.39, 0.29) is 24.3 Å². The van der Waals surface area contributed by atoms with Gasteiger partial charge in [0.25, 0.3) is 5.91 Å². The summed E-state index contributed by atoms with van der Waals surface area (Å²) in [5.41, 5.74) is 4.17. The normalized spacial score (nSPS) is 17.1. The van der Waals surface area contributed by atoms with Crippen LogP contribution in [0, 0.1) is 0 Å². The lowest BCUT2D eigenvalue weighted by Gasteiger charge is -2.15. The van der Waals surface area contributed by atoms with E-state index in [2.05, 4.69) is 10.5 Å². The van der Waals surface area contributed by atoms with Crippen molar-refractivity contribution in [3.8, 4) is 0 Å². The largest absolute Gasteiger partial charge is 0.333 e. The number of halogens is 2. The molecule has 1 unspecified atom stereocenters. The number of hydrazone groups is 1. The van der Waals surface area contributed by atoms with Crippen LogP contribution in [-0.4, -0.2) is 36.0 Å². The number of carbonyl (C=O) groups is 2. The van der Waals surface area contributed by atoms with Crippen LogP contribution in [0.25, 0.3) is 0 Å². The molecule has 1 saturated heterocycles. The Labute approximate surface area is 161 Å². The molecule has 1 aliphatic rings. The number of hydrogen-bond donors (Lipinski definition) is 1. The van der Waals surface area contributed by atoms with Crippen LogP contribution < -0.4 is 5.43 Å². The minimum atomic E-state index is -0.353. The van der Waals surface area contributed by atoms with Gasteiger partial charge in [-0.25, -0.2) is 5.43 Å². The predicted octanol–water partition coefficient (Wildman–Crippen LogP) is 3.46. The number of nitrogens with zero attached hydrogens (tertiary/aromatic N) is 2. The van der Waals surface area contributed by atoms with E-state index < -0.39 is 0 Å². The molecule has 0 aliphatic carbocycles. The Morgan fingerprint density at radius 1 is 1.23 bits per heavy atom.